The first-order valence-electron chi connectivity index (χ1n) is 8.36. The molecule has 0 aromatic heterocycles. The summed E-state index contributed by atoms with van der Waals surface area (Å²) in [5.74, 6) is -0.698. The summed E-state index contributed by atoms with van der Waals surface area (Å²) in [4.78, 5) is 25.6. The van der Waals surface area contributed by atoms with Crippen molar-refractivity contribution in [2.75, 3.05) is 13.1 Å². The van der Waals surface area contributed by atoms with Crippen LogP contribution < -0.4 is 5.32 Å². The van der Waals surface area contributed by atoms with E-state index in [1.807, 2.05) is 6.92 Å². The van der Waals surface area contributed by atoms with E-state index in [9.17, 15) is 14.7 Å². The second kappa shape index (κ2) is 7.14. The zero-order valence-electron chi connectivity index (χ0n) is 13.1. The number of carboxylic acids is 1. The lowest BCUT2D eigenvalue weighted by Crippen LogP contribution is -2.51. The highest BCUT2D eigenvalue weighted by atomic mass is 16.4. The van der Waals surface area contributed by atoms with Gasteiger partial charge in [0.1, 0.15) is 0 Å². The van der Waals surface area contributed by atoms with E-state index in [4.69, 9.17) is 0 Å². The number of aliphatic carboxylic acids is 1. The van der Waals surface area contributed by atoms with Gasteiger partial charge in [0.2, 0.25) is 0 Å². The average Bonchev–Trinajstić information content (AvgIpc) is 2.49. The fraction of sp³-hybridized carbons (Fsp3) is 0.875. The zero-order chi connectivity index (χ0) is 15.3. The van der Waals surface area contributed by atoms with Crippen molar-refractivity contribution in [1.82, 2.24) is 10.2 Å². The molecule has 1 aliphatic heterocycles. The van der Waals surface area contributed by atoms with Gasteiger partial charge < -0.3 is 15.3 Å². The van der Waals surface area contributed by atoms with E-state index >= 15 is 0 Å². The Labute approximate surface area is 127 Å². The van der Waals surface area contributed by atoms with E-state index in [-0.39, 0.29) is 6.03 Å². The molecule has 21 heavy (non-hydrogen) atoms. The van der Waals surface area contributed by atoms with Crippen molar-refractivity contribution in [2.24, 2.45) is 5.41 Å². The lowest BCUT2D eigenvalue weighted by Gasteiger charge is -2.39. The van der Waals surface area contributed by atoms with Crippen LogP contribution in [-0.4, -0.2) is 41.1 Å². The van der Waals surface area contributed by atoms with Crippen molar-refractivity contribution in [3.8, 4) is 0 Å². The Kier molecular flexibility index (Phi) is 5.48. The molecule has 1 heterocycles. The van der Waals surface area contributed by atoms with Crippen LogP contribution in [0.1, 0.15) is 64.7 Å². The standard InChI is InChI=1S/C16H28N2O3/c1-2-8-16(14(19)20)9-11-18(12-10-16)15(21)17-13-6-4-3-5-7-13/h13H,2-12H2,1H3,(H,17,21)(H,19,20). The summed E-state index contributed by atoms with van der Waals surface area (Å²) in [5, 5.41) is 12.6. The van der Waals surface area contributed by atoms with E-state index in [2.05, 4.69) is 5.32 Å². The lowest BCUT2D eigenvalue weighted by atomic mass is 9.75. The molecule has 0 spiro atoms. The maximum absolute atomic E-state index is 12.3. The second-order valence-electron chi connectivity index (χ2n) is 6.61. The molecule has 5 nitrogen and oxygen atoms in total. The fourth-order valence-electron chi connectivity index (χ4n) is 3.70. The number of urea groups is 1. The van der Waals surface area contributed by atoms with E-state index in [1.165, 1.54) is 19.3 Å². The SMILES string of the molecule is CCCC1(C(=O)O)CCN(C(=O)NC2CCCCC2)CC1. The van der Waals surface area contributed by atoms with Crippen molar-refractivity contribution < 1.29 is 14.7 Å². The summed E-state index contributed by atoms with van der Waals surface area (Å²) >= 11 is 0. The van der Waals surface area contributed by atoms with Crippen molar-refractivity contribution >= 4 is 12.0 Å². The third kappa shape index (κ3) is 3.89. The van der Waals surface area contributed by atoms with E-state index in [0.717, 1.165) is 19.3 Å². The molecule has 0 unspecified atom stereocenters. The highest BCUT2D eigenvalue weighted by Gasteiger charge is 2.41. The minimum atomic E-state index is -0.698. The minimum Gasteiger partial charge on any atom is -0.481 e. The molecule has 2 fully saturated rings. The average molecular weight is 296 g/mol. The number of rotatable bonds is 4. The lowest BCUT2D eigenvalue weighted by molar-refractivity contribution is -0.152. The number of carboxylic acid groups (broad SMARTS) is 1. The molecule has 0 atom stereocenters. The number of hydrogen-bond donors (Lipinski definition) is 2. The molecule has 1 saturated carbocycles. The predicted octanol–water partition coefficient (Wildman–Crippen LogP) is 3.00. The Morgan fingerprint density at radius 3 is 2.33 bits per heavy atom. The normalized spacial score (nSPS) is 22.8. The number of amides is 2. The number of hydrogen-bond acceptors (Lipinski definition) is 2. The Balaban J connectivity index is 1.84. The summed E-state index contributed by atoms with van der Waals surface area (Å²) in [7, 11) is 0. The number of carbonyl (C=O) groups excluding carboxylic acids is 1. The first-order chi connectivity index (χ1) is 10.1. The quantitative estimate of drug-likeness (QED) is 0.838. The highest BCUT2D eigenvalue weighted by molar-refractivity contribution is 5.77. The Morgan fingerprint density at radius 2 is 1.81 bits per heavy atom. The molecule has 2 rings (SSSR count). The topological polar surface area (TPSA) is 69.6 Å². The molecule has 2 amide bonds. The van der Waals surface area contributed by atoms with Crippen molar-refractivity contribution in [3.05, 3.63) is 0 Å². The van der Waals surface area contributed by atoms with E-state index in [0.29, 0.717) is 38.4 Å². The van der Waals surface area contributed by atoms with Gasteiger partial charge in [0.25, 0.3) is 0 Å². The van der Waals surface area contributed by atoms with Gasteiger partial charge in [-0.3, -0.25) is 4.79 Å². The van der Waals surface area contributed by atoms with Gasteiger partial charge >= 0.3 is 12.0 Å². The van der Waals surface area contributed by atoms with Crippen LogP contribution in [0.4, 0.5) is 4.79 Å². The van der Waals surface area contributed by atoms with Gasteiger partial charge in [-0.25, -0.2) is 4.79 Å². The van der Waals surface area contributed by atoms with Gasteiger partial charge in [0.15, 0.2) is 0 Å². The van der Waals surface area contributed by atoms with E-state index in [1.54, 1.807) is 4.90 Å². The maximum Gasteiger partial charge on any atom is 0.317 e. The smallest absolute Gasteiger partial charge is 0.317 e. The van der Waals surface area contributed by atoms with Crippen molar-refractivity contribution in [3.63, 3.8) is 0 Å². The van der Waals surface area contributed by atoms with Crippen LogP contribution in [0, 0.1) is 5.41 Å². The second-order valence-corrected chi connectivity index (χ2v) is 6.61. The first kappa shape index (κ1) is 16.1. The number of nitrogens with zero attached hydrogens (tertiary/aromatic N) is 1. The molecule has 5 heteroatoms. The number of piperidine rings is 1. The molecular formula is C16H28N2O3. The van der Waals surface area contributed by atoms with Crippen LogP contribution in [0.25, 0.3) is 0 Å². The Bertz CT molecular complexity index is 370. The third-order valence-corrected chi connectivity index (χ3v) is 5.12. The van der Waals surface area contributed by atoms with Gasteiger partial charge in [-0.05, 0) is 32.1 Å². The molecule has 2 N–H and O–H groups in total. The Morgan fingerprint density at radius 1 is 1.19 bits per heavy atom. The predicted molar refractivity (Wildman–Crippen MR) is 81.2 cm³/mol. The van der Waals surface area contributed by atoms with Gasteiger partial charge in [-0.2, -0.15) is 0 Å². The van der Waals surface area contributed by atoms with Gasteiger partial charge in [0, 0.05) is 19.1 Å². The molecule has 120 valence electrons. The van der Waals surface area contributed by atoms with Gasteiger partial charge in [-0.15, -0.1) is 0 Å². The van der Waals surface area contributed by atoms with Crippen LogP contribution in [0.15, 0.2) is 0 Å². The van der Waals surface area contributed by atoms with Gasteiger partial charge in [-0.1, -0.05) is 32.6 Å². The van der Waals surface area contributed by atoms with Crippen LogP contribution in [0.3, 0.4) is 0 Å². The summed E-state index contributed by atoms with van der Waals surface area (Å²) in [6.45, 7) is 3.14. The number of likely N-dealkylation sites (tertiary alicyclic amines) is 1. The van der Waals surface area contributed by atoms with Crippen LogP contribution in [-0.2, 0) is 4.79 Å². The third-order valence-electron chi connectivity index (χ3n) is 5.12. The van der Waals surface area contributed by atoms with Crippen LogP contribution >= 0.6 is 0 Å². The molecule has 2 aliphatic rings. The first-order valence-corrected chi connectivity index (χ1v) is 8.36. The monoisotopic (exact) mass is 296 g/mol. The number of carbonyl (C=O) groups is 2. The highest BCUT2D eigenvalue weighted by Crippen LogP contribution is 2.36. The Hall–Kier alpha value is -1.26. The summed E-state index contributed by atoms with van der Waals surface area (Å²) < 4.78 is 0. The largest absolute Gasteiger partial charge is 0.481 e. The molecule has 1 aliphatic carbocycles. The summed E-state index contributed by atoms with van der Waals surface area (Å²) in [5.41, 5.74) is -0.615. The molecule has 0 bridgehead atoms. The van der Waals surface area contributed by atoms with Crippen molar-refractivity contribution in [2.45, 2.75) is 70.8 Å². The molecule has 0 aromatic rings. The summed E-state index contributed by atoms with van der Waals surface area (Å²) in [6, 6.07) is 0.311. The molecule has 1 saturated heterocycles. The number of nitrogens with one attached hydrogen (secondary N) is 1. The van der Waals surface area contributed by atoms with E-state index < -0.39 is 11.4 Å². The molecular weight excluding hydrogens is 268 g/mol. The minimum absolute atomic E-state index is 0.00242. The van der Waals surface area contributed by atoms with Crippen LogP contribution in [0.5, 0.6) is 0 Å². The van der Waals surface area contributed by atoms with Crippen LogP contribution in [0.2, 0.25) is 0 Å². The fourth-order valence-corrected chi connectivity index (χ4v) is 3.70. The molecule has 0 aromatic carbocycles. The van der Waals surface area contributed by atoms with Crippen molar-refractivity contribution in [1.29, 1.82) is 0 Å². The van der Waals surface area contributed by atoms with Gasteiger partial charge in [0.05, 0.1) is 5.41 Å². The summed E-state index contributed by atoms with van der Waals surface area (Å²) in [6.07, 6.45) is 8.56. The zero-order valence-corrected chi connectivity index (χ0v) is 13.1. The molecule has 0 radical (unpaired) electrons. The maximum atomic E-state index is 12.3.